The SMILES string of the molecule is COCCn1ncc(Br)c1C(O)C1C(C)OC(C)C1C. The van der Waals surface area contributed by atoms with Crippen LogP contribution in [0, 0.1) is 11.8 Å². The third kappa shape index (κ3) is 2.93. The van der Waals surface area contributed by atoms with E-state index in [0.717, 1.165) is 10.2 Å². The van der Waals surface area contributed by atoms with E-state index in [1.165, 1.54) is 0 Å². The second-order valence-electron chi connectivity index (χ2n) is 5.52. The van der Waals surface area contributed by atoms with Crippen LogP contribution in [-0.2, 0) is 16.0 Å². The Hall–Kier alpha value is -0.430. The molecule has 1 aromatic heterocycles. The van der Waals surface area contributed by atoms with Crippen LogP contribution in [0.4, 0.5) is 0 Å². The molecular formula is C14H23BrN2O3. The summed E-state index contributed by atoms with van der Waals surface area (Å²) in [5.74, 6) is 0.372. The van der Waals surface area contributed by atoms with Crippen LogP contribution in [0.2, 0.25) is 0 Å². The third-order valence-corrected chi connectivity index (χ3v) is 4.92. The summed E-state index contributed by atoms with van der Waals surface area (Å²) >= 11 is 3.49. The highest BCUT2D eigenvalue weighted by atomic mass is 79.9. The molecule has 1 saturated heterocycles. The topological polar surface area (TPSA) is 56.5 Å². The second-order valence-corrected chi connectivity index (χ2v) is 6.38. The minimum atomic E-state index is -0.598. The maximum atomic E-state index is 10.8. The fraction of sp³-hybridized carbons (Fsp3) is 0.786. The molecule has 0 amide bonds. The molecule has 5 nitrogen and oxygen atoms in total. The van der Waals surface area contributed by atoms with E-state index in [9.17, 15) is 5.11 Å². The van der Waals surface area contributed by atoms with Crippen molar-refractivity contribution in [1.82, 2.24) is 9.78 Å². The van der Waals surface area contributed by atoms with Crippen molar-refractivity contribution in [3.63, 3.8) is 0 Å². The van der Waals surface area contributed by atoms with Gasteiger partial charge in [-0.05, 0) is 35.7 Å². The van der Waals surface area contributed by atoms with Gasteiger partial charge in [0.05, 0.1) is 41.7 Å². The Morgan fingerprint density at radius 3 is 2.70 bits per heavy atom. The Morgan fingerprint density at radius 2 is 2.15 bits per heavy atom. The van der Waals surface area contributed by atoms with Gasteiger partial charge in [-0.3, -0.25) is 4.68 Å². The molecule has 20 heavy (non-hydrogen) atoms. The number of aromatic nitrogens is 2. The van der Waals surface area contributed by atoms with E-state index in [1.807, 2.05) is 6.92 Å². The first-order valence-corrected chi connectivity index (χ1v) is 7.80. The Labute approximate surface area is 128 Å². The van der Waals surface area contributed by atoms with E-state index in [1.54, 1.807) is 18.0 Å². The molecule has 5 atom stereocenters. The van der Waals surface area contributed by atoms with E-state index in [0.29, 0.717) is 19.1 Å². The third-order valence-electron chi connectivity index (χ3n) is 4.30. The van der Waals surface area contributed by atoms with Crippen molar-refractivity contribution >= 4 is 15.9 Å². The van der Waals surface area contributed by atoms with Crippen molar-refractivity contribution in [2.24, 2.45) is 11.8 Å². The van der Waals surface area contributed by atoms with E-state index < -0.39 is 6.10 Å². The largest absolute Gasteiger partial charge is 0.386 e. The summed E-state index contributed by atoms with van der Waals surface area (Å²) in [5, 5.41) is 15.1. The molecule has 0 bridgehead atoms. The summed E-state index contributed by atoms with van der Waals surface area (Å²) in [7, 11) is 1.66. The highest BCUT2D eigenvalue weighted by Crippen LogP contribution is 2.42. The maximum absolute atomic E-state index is 10.8. The molecule has 2 rings (SSSR count). The summed E-state index contributed by atoms with van der Waals surface area (Å²) in [6.07, 6.45) is 1.33. The van der Waals surface area contributed by atoms with Crippen LogP contribution in [0.5, 0.6) is 0 Å². The normalized spacial score (nSPS) is 31.7. The van der Waals surface area contributed by atoms with Gasteiger partial charge in [-0.25, -0.2) is 0 Å². The van der Waals surface area contributed by atoms with Crippen molar-refractivity contribution in [3.05, 3.63) is 16.4 Å². The van der Waals surface area contributed by atoms with Gasteiger partial charge in [-0.1, -0.05) is 6.92 Å². The molecular weight excluding hydrogens is 324 g/mol. The standard InChI is InChI=1S/C14H23BrN2O3/c1-8-9(2)20-10(3)12(8)14(18)13-11(15)7-16-17(13)5-6-19-4/h7-10,12,14,18H,5-6H2,1-4H3. The molecule has 1 aliphatic heterocycles. The van der Waals surface area contributed by atoms with Crippen LogP contribution in [0.25, 0.3) is 0 Å². The number of nitrogens with zero attached hydrogens (tertiary/aromatic N) is 2. The van der Waals surface area contributed by atoms with Gasteiger partial charge in [-0.2, -0.15) is 5.10 Å². The zero-order chi connectivity index (χ0) is 14.9. The number of rotatable bonds is 5. The fourth-order valence-electron chi connectivity index (χ4n) is 3.04. The van der Waals surface area contributed by atoms with Gasteiger partial charge in [-0.15, -0.1) is 0 Å². The fourth-order valence-corrected chi connectivity index (χ4v) is 3.57. The number of ether oxygens (including phenoxy) is 2. The van der Waals surface area contributed by atoms with Crippen LogP contribution < -0.4 is 0 Å². The van der Waals surface area contributed by atoms with E-state index >= 15 is 0 Å². The molecule has 1 aliphatic rings. The van der Waals surface area contributed by atoms with E-state index in [4.69, 9.17) is 9.47 Å². The van der Waals surface area contributed by atoms with E-state index in [-0.39, 0.29) is 18.1 Å². The van der Waals surface area contributed by atoms with Crippen LogP contribution in [0.1, 0.15) is 32.6 Å². The van der Waals surface area contributed by atoms with Crippen molar-refractivity contribution in [3.8, 4) is 0 Å². The first-order chi connectivity index (χ1) is 9.47. The number of hydrogen-bond acceptors (Lipinski definition) is 4. The van der Waals surface area contributed by atoms with Crippen LogP contribution in [0.15, 0.2) is 10.7 Å². The first kappa shape index (κ1) is 15.9. The minimum absolute atomic E-state index is 0.0349. The number of aliphatic hydroxyl groups excluding tert-OH is 1. The number of methoxy groups -OCH3 is 1. The predicted molar refractivity (Wildman–Crippen MR) is 79.4 cm³/mol. The molecule has 1 N–H and O–H groups in total. The number of halogens is 1. The second kappa shape index (κ2) is 6.56. The average molecular weight is 347 g/mol. The molecule has 0 saturated carbocycles. The zero-order valence-corrected chi connectivity index (χ0v) is 14.0. The molecule has 114 valence electrons. The van der Waals surface area contributed by atoms with Crippen LogP contribution in [0.3, 0.4) is 0 Å². The van der Waals surface area contributed by atoms with Gasteiger partial charge in [0.15, 0.2) is 0 Å². The molecule has 1 aromatic rings. The molecule has 5 unspecified atom stereocenters. The van der Waals surface area contributed by atoms with Crippen molar-refractivity contribution in [1.29, 1.82) is 0 Å². The highest BCUT2D eigenvalue weighted by molar-refractivity contribution is 9.10. The van der Waals surface area contributed by atoms with Gasteiger partial charge in [0.2, 0.25) is 0 Å². The first-order valence-electron chi connectivity index (χ1n) is 7.01. The highest BCUT2D eigenvalue weighted by Gasteiger charge is 2.43. The molecule has 0 aromatic carbocycles. The van der Waals surface area contributed by atoms with Gasteiger partial charge in [0, 0.05) is 13.0 Å². The molecule has 2 heterocycles. The lowest BCUT2D eigenvalue weighted by Crippen LogP contribution is -2.27. The van der Waals surface area contributed by atoms with Crippen molar-refractivity contribution < 1.29 is 14.6 Å². The average Bonchev–Trinajstić information content (AvgIpc) is 2.88. The summed E-state index contributed by atoms with van der Waals surface area (Å²) in [6.45, 7) is 7.41. The Morgan fingerprint density at radius 1 is 1.45 bits per heavy atom. The van der Waals surface area contributed by atoms with Gasteiger partial charge >= 0.3 is 0 Å². The molecule has 0 radical (unpaired) electrons. The Kier molecular flexibility index (Phi) is 5.23. The van der Waals surface area contributed by atoms with Gasteiger partial charge < -0.3 is 14.6 Å². The smallest absolute Gasteiger partial charge is 0.102 e. The lowest BCUT2D eigenvalue weighted by Gasteiger charge is -2.25. The van der Waals surface area contributed by atoms with Gasteiger partial charge in [0.25, 0.3) is 0 Å². The monoisotopic (exact) mass is 346 g/mol. The maximum Gasteiger partial charge on any atom is 0.102 e. The summed E-state index contributed by atoms with van der Waals surface area (Å²) in [6, 6.07) is 0. The van der Waals surface area contributed by atoms with E-state index in [2.05, 4.69) is 34.9 Å². The quantitative estimate of drug-likeness (QED) is 0.889. The number of hydrogen-bond donors (Lipinski definition) is 1. The van der Waals surface area contributed by atoms with Crippen LogP contribution in [-0.4, -0.2) is 40.8 Å². The van der Waals surface area contributed by atoms with Gasteiger partial charge in [0.1, 0.15) is 6.10 Å². The zero-order valence-electron chi connectivity index (χ0n) is 12.4. The molecule has 0 spiro atoms. The Bertz CT molecular complexity index is 452. The minimum Gasteiger partial charge on any atom is -0.386 e. The lowest BCUT2D eigenvalue weighted by molar-refractivity contribution is 0.0195. The summed E-state index contributed by atoms with van der Waals surface area (Å²) < 4.78 is 13.6. The summed E-state index contributed by atoms with van der Waals surface area (Å²) in [5.41, 5.74) is 0.809. The lowest BCUT2D eigenvalue weighted by atomic mass is 9.84. The molecule has 6 heteroatoms. The van der Waals surface area contributed by atoms with Crippen molar-refractivity contribution in [2.75, 3.05) is 13.7 Å². The Balaban J connectivity index is 2.24. The summed E-state index contributed by atoms with van der Waals surface area (Å²) in [4.78, 5) is 0. The van der Waals surface area contributed by atoms with Crippen molar-refractivity contribution in [2.45, 2.75) is 45.6 Å². The predicted octanol–water partition coefficient (Wildman–Crippen LogP) is 2.38. The number of aliphatic hydroxyl groups is 1. The molecule has 0 aliphatic carbocycles. The van der Waals surface area contributed by atoms with Crippen LogP contribution >= 0.6 is 15.9 Å². The molecule has 1 fully saturated rings.